The predicted octanol–water partition coefficient (Wildman–Crippen LogP) is 2.47. The quantitative estimate of drug-likeness (QED) is 0.848. The van der Waals surface area contributed by atoms with Crippen LogP contribution in [-0.2, 0) is 4.79 Å². The van der Waals surface area contributed by atoms with Gasteiger partial charge in [0.1, 0.15) is 0 Å². The van der Waals surface area contributed by atoms with Gasteiger partial charge < -0.3 is 15.5 Å². The molecule has 1 aromatic carbocycles. The van der Waals surface area contributed by atoms with Gasteiger partial charge in [0.15, 0.2) is 0 Å². The van der Waals surface area contributed by atoms with Gasteiger partial charge >= 0.3 is 0 Å². The predicted molar refractivity (Wildman–Crippen MR) is 81.1 cm³/mol. The molecule has 0 aliphatic carbocycles. The van der Waals surface area contributed by atoms with Crippen LogP contribution >= 0.6 is 23.2 Å². The molecule has 2 N–H and O–H groups in total. The summed E-state index contributed by atoms with van der Waals surface area (Å²) in [7, 11) is 3.98. The third-order valence-corrected chi connectivity index (χ3v) is 3.11. The molecule has 0 heterocycles. The van der Waals surface area contributed by atoms with E-state index in [9.17, 15) is 4.79 Å². The van der Waals surface area contributed by atoms with Crippen molar-refractivity contribution in [3.8, 4) is 0 Å². The van der Waals surface area contributed by atoms with E-state index in [4.69, 9.17) is 23.2 Å². The minimum absolute atomic E-state index is 0.166. The van der Waals surface area contributed by atoms with E-state index in [0.29, 0.717) is 15.7 Å². The van der Waals surface area contributed by atoms with Gasteiger partial charge in [0, 0.05) is 12.6 Å². The van der Waals surface area contributed by atoms with Gasteiger partial charge in [0.25, 0.3) is 0 Å². The first-order valence-electron chi connectivity index (χ1n) is 6.02. The monoisotopic (exact) mass is 303 g/mol. The number of hydrogen-bond donors (Lipinski definition) is 2. The molecule has 0 radical (unpaired) electrons. The molecule has 106 valence electrons. The van der Waals surface area contributed by atoms with Gasteiger partial charge in [-0.3, -0.25) is 4.79 Å². The number of rotatable bonds is 6. The maximum absolute atomic E-state index is 11.8. The molecule has 1 atom stereocenters. The number of benzene rings is 1. The van der Waals surface area contributed by atoms with Crippen LogP contribution in [0.1, 0.15) is 6.92 Å². The average molecular weight is 304 g/mol. The Hall–Kier alpha value is -0.810. The van der Waals surface area contributed by atoms with Gasteiger partial charge in [0.05, 0.1) is 22.3 Å². The molecule has 1 aromatic rings. The highest BCUT2D eigenvalue weighted by atomic mass is 35.5. The number of nitrogens with zero attached hydrogens (tertiary/aromatic N) is 1. The van der Waals surface area contributed by atoms with Crippen LogP contribution in [0.25, 0.3) is 0 Å². The molecule has 0 bridgehead atoms. The Labute approximate surface area is 124 Å². The van der Waals surface area contributed by atoms with Gasteiger partial charge in [0.2, 0.25) is 5.91 Å². The minimum atomic E-state index is -0.166. The summed E-state index contributed by atoms with van der Waals surface area (Å²) < 4.78 is 0. The van der Waals surface area contributed by atoms with Gasteiger partial charge in [-0.1, -0.05) is 29.3 Å². The number of carbonyl (C=O) groups excluding carboxylic acids is 1. The smallest absolute Gasteiger partial charge is 0.238 e. The Bertz CT molecular complexity index is 418. The van der Waals surface area contributed by atoms with E-state index < -0.39 is 0 Å². The van der Waals surface area contributed by atoms with Crippen LogP contribution in [-0.4, -0.2) is 44.0 Å². The maximum atomic E-state index is 11.8. The molecule has 6 heteroatoms. The molecule has 0 fully saturated rings. The normalized spacial score (nSPS) is 12.5. The number of halogens is 2. The number of nitrogens with one attached hydrogen (secondary N) is 2. The molecular weight excluding hydrogens is 285 g/mol. The van der Waals surface area contributed by atoms with Crippen LogP contribution in [0.15, 0.2) is 18.2 Å². The molecule has 0 aliphatic heterocycles. The van der Waals surface area contributed by atoms with E-state index in [1.807, 2.05) is 21.0 Å². The molecule has 0 aliphatic rings. The Balaban J connectivity index is 2.48. The zero-order chi connectivity index (χ0) is 14.4. The number of likely N-dealkylation sites (N-methyl/N-ethyl adjacent to an activating group) is 1. The summed E-state index contributed by atoms with van der Waals surface area (Å²) in [6.45, 7) is 3.10. The Morgan fingerprint density at radius 2 is 1.89 bits per heavy atom. The van der Waals surface area contributed by atoms with Crippen molar-refractivity contribution < 1.29 is 4.79 Å². The van der Waals surface area contributed by atoms with Crippen molar-refractivity contribution in [3.63, 3.8) is 0 Å². The van der Waals surface area contributed by atoms with Crippen LogP contribution in [0, 0.1) is 0 Å². The molecule has 0 aromatic heterocycles. The third-order valence-electron chi connectivity index (χ3n) is 2.48. The van der Waals surface area contributed by atoms with E-state index in [0.717, 1.165) is 6.54 Å². The zero-order valence-electron chi connectivity index (χ0n) is 11.3. The van der Waals surface area contributed by atoms with Crippen LogP contribution in [0.4, 0.5) is 5.69 Å². The highest BCUT2D eigenvalue weighted by molar-refractivity contribution is 6.39. The first kappa shape index (κ1) is 16.2. The second kappa shape index (κ2) is 7.70. The Kier molecular flexibility index (Phi) is 6.58. The first-order valence-corrected chi connectivity index (χ1v) is 6.77. The highest BCUT2D eigenvalue weighted by Gasteiger charge is 2.10. The SMILES string of the molecule is CC(CN(C)C)NCC(=O)Nc1c(Cl)cccc1Cl. The maximum Gasteiger partial charge on any atom is 0.238 e. The molecule has 0 saturated heterocycles. The van der Waals surface area contributed by atoms with Crippen molar-refractivity contribution in [2.75, 3.05) is 32.5 Å². The second-order valence-electron chi connectivity index (χ2n) is 4.69. The van der Waals surface area contributed by atoms with Crippen LogP contribution in [0.5, 0.6) is 0 Å². The van der Waals surface area contributed by atoms with Gasteiger partial charge in [-0.05, 0) is 33.2 Å². The molecule has 4 nitrogen and oxygen atoms in total. The van der Waals surface area contributed by atoms with Crippen LogP contribution in [0.2, 0.25) is 10.0 Å². The number of carbonyl (C=O) groups is 1. The lowest BCUT2D eigenvalue weighted by atomic mass is 10.3. The fourth-order valence-electron chi connectivity index (χ4n) is 1.68. The van der Waals surface area contributed by atoms with E-state index in [1.165, 1.54) is 0 Å². The molecule has 0 spiro atoms. The number of hydrogen-bond acceptors (Lipinski definition) is 3. The molecule has 1 unspecified atom stereocenters. The summed E-state index contributed by atoms with van der Waals surface area (Å²) in [4.78, 5) is 13.9. The van der Waals surface area contributed by atoms with Crippen molar-refractivity contribution >= 4 is 34.8 Å². The van der Waals surface area contributed by atoms with E-state index in [1.54, 1.807) is 18.2 Å². The minimum Gasteiger partial charge on any atom is -0.322 e. The molecule has 1 rings (SSSR count). The molecule has 19 heavy (non-hydrogen) atoms. The topological polar surface area (TPSA) is 44.4 Å². The van der Waals surface area contributed by atoms with Crippen molar-refractivity contribution in [3.05, 3.63) is 28.2 Å². The molecule has 0 saturated carbocycles. The summed E-state index contributed by atoms with van der Waals surface area (Å²) in [6.07, 6.45) is 0. The van der Waals surface area contributed by atoms with Crippen molar-refractivity contribution in [1.82, 2.24) is 10.2 Å². The highest BCUT2D eigenvalue weighted by Crippen LogP contribution is 2.29. The van der Waals surface area contributed by atoms with Crippen molar-refractivity contribution in [2.24, 2.45) is 0 Å². The number of anilines is 1. The lowest BCUT2D eigenvalue weighted by Crippen LogP contribution is -2.40. The van der Waals surface area contributed by atoms with Gasteiger partial charge in [-0.25, -0.2) is 0 Å². The Morgan fingerprint density at radius 1 is 1.32 bits per heavy atom. The third kappa shape index (κ3) is 5.78. The second-order valence-corrected chi connectivity index (χ2v) is 5.50. The fourth-order valence-corrected chi connectivity index (χ4v) is 2.17. The van der Waals surface area contributed by atoms with Crippen LogP contribution < -0.4 is 10.6 Å². The van der Waals surface area contributed by atoms with Crippen LogP contribution in [0.3, 0.4) is 0 Å². The van der Waals surface area contributed by atoms with Gasteiger partial charge in [-0.2, -0.15) is 0 Å². The summed E-state index contributed by atoms with van der Waals surface area (Å²) in [5.41, 5.74) is 0.456. The first-order chi connectivity index (χ1) is 8.90. The number of amides is 1. The van der Waals surface area contributed by atoms with E-state index >= 15 is 0 Å². The summed E-state index contributed by atoms with van der Waals surface area (Å²) in [5, 5.41) is 6.71. The molecular formula is C13H19Cl2N3O. The number of para-hydroxylation sites is 1. The fraction of sp³-hybridized carbons (Fsp3) is 0.462. The average Bonchev–Trinajstić information content (AvgIpc) is 2.30. The van der Waals surface area contributed by atoms with Gasteiger partial charge in [-0.15, -0.1) is 0 Å². The van der Waals surface area contributed by atoms with Crippen molar-refractivity contribution in [2.45, 2.75) is 13.0 Å². The molecule has 1 amide bonds. The summed E-state index contributed by atoms with van der Waals surface area (Å²) in [6, 6.07) is 5.33. The summed E-state index contributed by atoms with van der Waals surface area (Å²) >= 11 is 12.0. The standard InChI is InChI=1S/C13H19Cl2N3O/c1-9(8-18(2)3)16-7-12(19)17-13-10(14)5-4-6-11(13)15/h4-6,9,16H,7-8H2,1-3H3,(H,17,19). The van der Waals surface area contributed by atoms with Crippen molar-refractivity contribution in [1.29, 1.82) is 0 Å². The lowest BCUT2D eigenvalue weighted by Gasteiger charge is -2.18. The Morgan fingerprint density at radius 3 is 2.42 bits per heavy atom. The lowest BCUT2D eigenvalue weighted by molar-refractivity contribution is -0.115. The van der Waals surface area contributed by atoms with E-state index in [-0.39, 0.29) is 18.5 Å². The largest absolute Gasteiger partial charge is 0.322 e. The summed E-state index contributed by atoms with van der Waals surface area (Å²) in [5.74, 6) is -0.166. The van der Waals surface area contributed by atoms with E-state index in [2.05, 4.69) is 15.5 Å². The zero-order valence-corrected chi connectivity index (χ0v) is 12.8.